The van der Waals surface area contributed by atoms with Crippen molar-refractivity contribution in [3.05, 3.63) is 34.7 Å². The molecule has 0 radical (unpaired) electrons. The van der Waals surface area contributed by atoms with Gasteiger partial charge < -0.3 is 14.4 Å². The molecule has 1 aliphatic heterocycles. The van der Waals surface area contributed by atoms with Gasteiger partial charge in [-0.15, -0.1) is 0 Å². The Hall–Kier alpha value is -2.11. The van der Waals surface area contributed by atoms with E-state index < -0.39 is 0 Å². The van der Waals surface area contributed by atoms with Crippen molar-refractivity contribution in [1.82, 2.24) is 20.0 Å². The molecule has 6 nitrogen and oxygen atoms in total. The molecule has 0 saturated heterocycles. The number of rotatable bonds is 4. The van der Waals surface area contributed by atoms with Gasteiger partial charge in [0.05, 0.1) is 11.4 Å². The summed E-state index contributed by atoms with van der Waals surface area (Å²) in [4.78, 5) is 17.0. The number of hydrogen-bond donors (Lipinski definition) is 1. The maximum atomic E-state index is 12.5. The molecule has 1 N–H and O–H groups in total. The van der Waals surface area contributed by atoms with Crippen LogP contribution in [-0.4, -0.2) is 26.7 Å². The van der Waals surface area contributed by atoms with Gasteiger partial charge in [-0.3, -0.25) is 4.79 Å². The van der Waals surface area contributed by atoms with Gasteiger partial charge in [-0.2, -0.15) is 0 Å². The Morgan fingerprint density at radius 1 is 1.48 bits per heavy atom. The first-order valence-corrected chi connectivity index (χ1v) is 8.18. The third-order valence-electron chi connectivity index (χ3n) is 4.60. The molecule has 0 aromatic carbocycles. The van der Waals surface area contributed by atoms with E-state index in [2.05, 4.69) is 26.2 Å². The molecule has 1 amide bonds. The minimum atomic E-state index is -0.0993. The van der Waals surface area contributed by atoms with E-state index in [1.807, 2.05) is 27.7 Å². The summed E-state index contributed by atoms with van der Waals surface area (Å²) in [6.07, 6.45) is 4.58. The molecule has 2 unspecified atom stereocenters. The third kappa shape index (κ3) is 3.30. The van der Waals surface area contributed by atoms with Crippen LogP contribution >= 0.6 is 0 Å². The minimum absolute atomic E-state index is 0.0929. The number of nitrogens with one attached hydrogen (secondary N) is 1. The fraction of sp³-hybridized carbons (Fsp3) is 0.588. The van der Waals surface area contributed by atoms with Gasteiger partial charge in [0.25, 0.3) is 0 Å². The van der Waals surface area contributed by atoms with Gasteiger partial charge in [-0.1, -0.05) is 12.1 Å². The SMILES string of the molecule is Cc1cn2c(n1)CCC(NC(=O)C(C)Cc1c(C)noc1C)C2. The Bertz CT molecular complexity index is 697. The summed E-state index contributed by atoms with van der Waals surface area (Å²) >= 11 is 0. The summed E-state index contributed by atoms with van der Waals surface area (Å²) in [6.45, 7) is 8.58. The summed E-state index contributed by atoms with van der Waals surface area (Å²) in [6, 6.07) is 0.177. The molecule has 2 atom stereocenters. The number of nitrogens with zero attached hydrogens (tertiary/aromatic N) is 3. The van der Waals surface area contributed by atoms with E-state index >= 15 is 0 Å². The van der Waals surface area contributed by atoms with Crippen molar-refractivity contribution < 1.29 is 9.32 Å². The number of carbonyl (C=O) groups is 1. The average molecular weight is 316 g/mol. The number of carbonyl (C=O) groups excluding carboxylic acids is 1. The second-order valence-corrected chi connectivity index (χ2v) is 6.60. The van der Waals surface area contributed by atoms with Crippen LogP contribution in [0.5, 0.6) is 0 Å². The summed E-state index contributed by atoms with van der Waals surface area (Å²) in [7, 11) is 0. The normalized spacial score (nSPS) is 18.5. The Labute approximate surface area is 136 Å². The summed E-state index contributed by atoms with van der Waals surface area (Å²) < 4.78 is 7.33. The quantitative estimate of drug-likeness (QED) is 0.937. The molecule has 6 heteroatoms. The number of hydrogen-bond acceptors (Lipinski definition) is 4. The van der Waals surface area contributed by atoms with Crippen LogP contribution in [0.2, 0.25) is 0 Å². The molecule has 3 heterocycles. The zero-order valence-corrected chi connectivity index (χ0v) is 14.2. The molecule has 0 spiro atoms. The molecular formula is C17H24N4O2. The van der Waals surface area contributed by atoms with Crippen molar-refractivity contribution in [2.45, 2.75) is 59.5 Å². The van der Waals surface area contributed by atoms with Crippen LogP contribution in [-0.2, 0) is 24.2 Å². The van der Waals surface area contributed by atoms with Crippen LogP contribution in [0.25, 0.3) is 0 Å². The Balaban J connectivity index is 1.59. The fourth-order valence-corrected chi connectivity index (χ4v) is 3.24. The standard InChI is InChI=1S/C17H24N4O2/c1-10(7-15-12(3)20-23-13(15)4)17(22)19-14-5-6-16-18-11(2)8-21(16)9-14/h8,10,14H,5-7,9H2,1-4H3,(H,19,22). The molecule has 0 fully saturated rings. The van der Waals surface area contributed by atoms with Crippen LogP contribution in [0.4, 0.5) is 0 Å². The first kappa shape index (κ1) is 15.8. The Morgan fingerprint density at radius 2 is 2.26 bits per heavy atom. The van der Waals surface area contributed by atoms with Crippen LogP contribution < -0.4 is 5.32 Å². The highest BCUT2D eigenvalue weighted by Crippen LogP contribution is 2.19. The van der Waals surface area contributed by atoms with Gasteiger partial charge in [0, 0.05) is 36.7 Å². The van der Waals surface area contributed by atoms with Crippen molar-refractivity contribution in [3.63, 3.8) is 0 Å². The zero-order valence-electron chi connectivity index (χ0n) is 14.2. The Morgan fingerprint density at radius 3 is 2.96 bits per heavy atom. The molecule has 124 valence electrons. The predicted molar refractivity (Wildman–Crippen MR) is 86.1 cm³/mol. The lowest BCUT2D eigenvalue weighted by atomic mass is 9.98. The van der Waals surface area contributed by atoms with Crippen LogP contribution in [0, 0.1) is 26.7 Å². The van der Waals surface area contributed by atoms with E-state index in [1.165, 1.54) is 0 Å². The summed E-state index contributed by atoms with van der Waals surface area (Å²) in [5.74, 6) is 1.92. The van der Waals surface area contributed by atoms with Crippen molar-refractivity contribution in [2.75, 3.05) is 0 Å². The smallest absolute Gasteiger partial charge is 0.223 e. The molecular weight excluding hydrogens is 292 g/mol. The lowest BCUT2D eigenvalue weighted by molar-refractivity contribution is -0.125. The number of amides is 1. The van der Waals surface area contributed by atoms with Crippen LogP contribution in [0.15, 0.2) is 10.7 Å². The van der Waals surface area contributed by atoms with Crippen molar-refractivity contribution in [3.8, 4) is 0 Å². The maximum Gasteiger partial charge on any atom is 0.223 e. The summed E-state index contributed by atoms with van der Waals surface area (Å²) in [5, 5.41) is 7.14. The number of aryl methyl sites for hydroxylation is 4. The van der Waals surface area contributed by atoms with E-state index in [9.17, 15) is 4.79 Å². The first-order valence-electron chi connectivity index (χ1n) is 8.18. The van der Waals surface area contributed by atoms with Gasteiger partial charge in [-0.25, -0.2) is 4.98 Å². The van der Waals surface area contributed by atoms with E-state index in [0.29, 0.717) is 6.42 Å². The number of aromatic nitrogens is 3. The van der Waals surface area contributed by atoms with Crippen LogP contribution in [0.3, 0.4) is 0 Å². The largest absolute Gasteiger partial charge is 0.361 e. The highest BCUT2D eigenvalue weighted by Gasteiger charge is 2.24. The second kappa shape index (κ2) is 6.18. The van der Waals surface area contributed by atoms with Crippen molar-refractivity contribution in [1.29, 1.82) is 0 Å². The molecule has 0 aliphatic carbocycles. The predicted octanol–water partition coefficient (Wildman–Crippen LogP) is 2.11. The lowest BCUT2D eigenvalue weighted by Gasteiger charge is -2.26. The van der Waals surface area contributed by atoms with Crippen molar-refractivity contribution in [2.24, 2.45) is 5.92 Å². The first-order chi connectivity index (χ1) is 10.9. The second-order valence-electron chi connectivity index (χ2n) is 6.60. The Kier molecular flexibility index (Phi) is 4.24. The number of fused-ring (bicyclic) bond motifs is 1. The van der Waals surface area contributed by atoms with Gasteiger partial charge in [0.15, 0.2) is 0 Å². The zero-order chi connectivity index (χ0) is 16.6. The minimum Gasteiger partial charge on any atom is -0.361 e. The topological polar surface area (TPSA) is 73.0 Å². The van der Waals surface area contributed by atoms with Crippen molar-refractivity contribution >= 4 is 5.91 Å². The van der Waals surface area contributed by atoms with E-state index in [-0.39, 0.29) is 17.9 Å². The van der Waals surface area contributed by atoms with Gasteiger partial charge in [0.2, 0.25) is 5.91 Å². The molecule has 0 saturated carbocycles. The molecule has 23 heavy (non-hydrogen) atoms. The van der Waals surface area contributed by atoms with E-state index in [1.54, 1.807) is 0 Å². The fourth-order valence-electron chi connectivity index (χ4n) is 3.24. The van der Waals surface area contributed by atoms with Gasteiger partial charge in [0.1, 0.15) is 11.6 Å². The van der Waals surface area contributed by atoms with Crippen LogP contribution in [0.1, 0.15) is 41.9 Å². The third-order valence-corrected chi connectivity index (χ3v) is 4.60. The highest BCUT2D eigenvalue weighted by molar-refractivity contribution is 5.79. The molecule has 3 rings (SSSR count). The summed E-state index contributed by atoms with van der Waals surface area (Å²) in [5.41, 5.74) is 2.96. The number of imidazole rings is 1. The monoisotopic (exact) mass is 316 g/mol. The molecule has 1 aliphatic rings. The van der Waals surface area contributed by atoms with E-state index in [4.69, 9.17) is 4.52 Å². The van der Waals surface area contributed by atoms with Gasteiger partial charge in [-0.05, 0) is 33.6 Å². The average Bonchev–Trinajstić information content (AvgIpc) is 3.02. The van der Waals surface area contributed by atoms with Gasteiger partial charge >= 0.3 is 0 Å². The molecule has 2 aromatic heterocycles. The molecule has 2 aromatic rings. The maximum absolute atomic E-state index is 12.5. The lowest BCUT2D eigenvalue weighted by Crippen LogP contribution is -2.43. The van der Waals surface area contributed by atoms with E-state index in [0.717, 1.165) is 47.9 Å². The molecule has 0 bridgehead atoms. The highest BCUT2D eigenvalue weighted by atomic mass is 16.5.